The summed E-state index contributed by atoms with van der Waals surface area (Å²) in [4.78, 5) is 24.2. The molecule has 23 heavy (non-hydrogen) atoms. The Hall–Kier alpha value is -2.48. The molecule has 0 aliphatic heterocycles. The molecule has 1 atom stereocenters. The number of ether oxygens (including phenoxy) is 3. The van der Waals surface area contributed by atoms with Crippen LogP contribution < -0.4 is 25.0 Å². The molecule has 0 radical (unpaired) electrons. The van der Waals surface area contributed by atoms with Gasteiger partial charge in [0, 0.05) is 19.7 Å². The van der Waals surface area contributed by atoms with Crippen LogP contribution in [0.25, 0.3) is 0 Å². The van der Waals surface area contributed by atoms with Gasteiger partial charge in [-0.1, -0.05) is 0 Å². The largest absolute Gasteiger partial charge is 0.493 e. The highest BCUT2D eigenvalue weighted by Crippen LogP contribution is 2.38. The van der Waals surface area contributed by atoms with Crippen molar-refractivity contribution in [1.29, 1.82) is 0 Å². The second-order valence-electron chi connectivity index (χ2n) is 4.98. The molecule has 0 spiro atoms. The van der Waals surface area contributed by atoms with Crippen LogP contribution >= 0.6 is 0 Å². The molecule has 1 rings (SSSR count). The lowest BCUT2D eigenvalue weighted by molar-refractivity contribution is -0.126. The molecule has 0 heterocycles. The maximum Gasteiger partial charge on any atom is 0.256 e. The van der Waals surface area contributed by atoms with Gasteiger partial charge in [0.1, 0.15) is 6.04 Å². The van der Waals surface area contributed by atoms with E-state index in [0.29, 0.717) is 22.8 Å². The van der Waals surface area contributed by atoms with Crippen molar-refractivity contribution in [2.75, 3.05) is 35.4 Å². The normalized spacial score (nSPS) is 11.6. The van der Waals surface area contributed by atoms with Crippen molar-refractivity contribution in [1.82, 2.24) is 15.8 Å². The van der Waals surface area contributed by atoms with Crippen LogP contribution in [0, 0.1) is 0 Å². The van der Waals surface area contributed by atoms with Gasteiger partial charge in [-0.15, -0.1) is 0 Å². The molecule has 128 valence electrons. The average Bonchev–Trinajstić information content (AvgIpc) is 2.52. The fourth-order valence-electron chi connectivity index (χ4n) is 1.87. The summed E-state index contributed by atoms with van der Waals surface area (Å²) < 4.78 is 15.6. The molecule has 0 aromatic heterocycles. The Bertz CT molecular complexity index is 549. The molecule has 1 aromatic rings. The first-order valence-corrected chi connectivity index (χ1v) is 6.92. The number of carbonyl (C=O) groups is 2. The zero-order chi connectivity index (χ0) is 17.6. The van der Waals surface area contributed by atoms with Gasteiger partial charge in [-0.05, 0) is 19.1 Å². The molecule has 0 fully saturated rings. The molecule has 0 aliphatic rings. The number of hydrogen-bond acceptors (Lipinski definition) is 6. The molecular formula is C15H23N3O5. The number of hydrogen-bond donors (Lipinski definition) is 2. The number of nitrogens with zero attached hydrogens (tertiary/aromatic N) is 1. The predicted molar refractivity (Wildman–Crippen MR) is 84.9 cm³/mol. The summed E-state index contributed by atoms with van der Waals surface area (Å²) in [6.45, 7) is 1.59. The Labute approximate surface area is 135 Å². The van der Waals surface area contributed by atoms with E-state index in [2.05, 4.69) is 10.7 Å². The van der Waals surface area contributed by atoms with Crippen molar-refractivity contribution < 1.29 is 23.8 Å². The number of amides is 2. The van der Waals surface area contributed by atoms with Crippen LogP contribution in [0.15, 0.2) is 12.1 Å². The van der Waals surface area contributed by atoms with Crippen LogP contribution in [0.1, 0.15) is 17.3 Å². The second kappa shape index (κ2) is 8.23. The first-order chi connectivity index (χ1) is 10.8. The van der Waals surface area contributed by atoms with E-state index in [1.54, 1.807) is 21.0 Å². The number of rotatable bonds is 7. The summed E-state index contributed by atoms with van der Waals surface area (Å²) in [5.74, 6) is 0.371. The van der Waals surface area contributed by atoms with Crippen molar-refractivity contribution in [3.63, 3.8) is 0 Å². The van der Waals surface area contributed by atoms with Gasteiger partial charge < -0.3 is 19.5 Å². The number of nitrogens with one attached hydrogen (secondary N) is 2. The molecule has 0 saturated carbocycles. The maximum absolute atomic E-state index is 12.3. The highest BCUT2D eigenvalue weighted by Gasteiger charge is 2.20. The van der Waals surface area contributed by atoms with Crippen LogP contribution in [0.3, 0.4) is 0 Å². The van der Waals surface area contributed by atoms with Crippen molar-refractivity contribution >= 4 is 11.8 Å². The Morgan fingerprint density at radius 1 is 1.04 bits per heavy atom. The summed E-state index contributed by atoms with van der Waals surface area (Å²) in [6, 6.07) is 2.34. The monoisotopic (exact) mass is 325 g/mol. The van der Waals surface area contributed by atoms with E-state index in [4.69, 9.17) is 14.2 Å². The van der Waals surface area contributed by atoms with Crippen molar-refractivity contribution in [2.24, 2.45) is 0 Å². The number of benzene rings is 1. The molecule has 0 saturated heterocycles. The minimum Gasteiger partial charge on any atom is -0.493 e. The van der Waals surface area contributed by atoms with Gasteiger partial charge >= 0.3 is 0 Å². The SMILES string of the molecule is COc1cc(C(=O)N[C@@H](C)C(=O)NN(C)C)cc(OC)c1OC. The molecule has 8 nitrogen and oxygen atoms in total. The average molecular weight is 325 g/mol. The zero-order valence-electron chi connectivity index (χ0n) is 14.2. The summed E-state index contributed by atoms with van der Waals surface area (Å²) in [7, 11) is 7.78. The second-order valence-corrected chi connectivity index (χ2v) is 4.98. The van der Waals surface area contributed by atoms with Crippen molar-refractivity contribution in [2.45, 2.75) is 13.0 Å². The van der Waals surface area contributed by atoms with Gasteiger partial charge in [0.05, 0.1) is 21.3 Å². The number of carbonyl (C=O) groups excluding carboxylic acids is 2. The van der Waals surface area contributed by atoms with Gasteiger partial charge in [0.2, 0.25) is 5.75 Å². The molecule has 1 aromatic carbocycles. The van der Waals surface area contributed by atoms with E-state index in [0.717, 1.165) is 0 Å². The Morgan fingerprint density at radius 3 is 1.96 bits per heavy atom. The van der Waals surface area contributed by atoms with E-state index in [9.17, 15) is 9.59 Å². The van der Waals surface area contributed by atoms with E-state index in [-0.39, 0.29) is 5.91 Å². The topological polar surface area (TPSA) is 89.1 Å². The van der Waals surface area contributed by atoms with Crippen LogP contribution in [0.4, 0.5) is 0 Å². The van der Waals surface area contributed by atoms with Crippen LogP contribution in [0.2, 0.25) is 0 Å². The van der Waals surface area contributed by atoms with Gasteiger partial charge in [-0.3, -0.25) is 15.0 Å². The third kappa shape index (κ3) is 4.75. The van der Waals surface area contributed by atoms with Crippen molar-refractivity contribution in [3.05, 3.63) is 17.7 Å². The molecule has 2 N–H and O–H groups in total. The standard InChI is InChI=1S/C15H23N3O5/c1-9(14(19)17-18(2)3)16-15(20)10-7-11(21-4)13(23-6)12(8-10)22-5/h7-9H,1-6H3,(H,16,20)(H,17,19)/t9-/m0/s1. The maximum atomic E-state index is 12.3. The lowest BCUT2D eigenvalue weighted by Gasteiger charge is -2.18. The first kappa shape index (κ1) is 18.6. The van der Waals surface area contributed by atoms with Crippen molar-refractivity contribution in [3.8, 4) is 17.2 Å². The van der Waals surface area contributed by atoms with Gasteiger partial charge in [0.15, 0.2) is 11.5 Å². The van der Waals surface area contributed by atoms with Gasteiger partial charge in [0.25, 0.3) is 11.8 Å². The predicted octanol–water partition coefficient (Wildman–Crippen LogP) is 0.424. The summed E-state index contributed by atoms with van der Waals surface area (Å²) >= 11 is 0. The Kier molecular flexibility index (Phi) is 6.65. The Balaban J connectivity index is 2.98. The van der Waals surface area contributed by atoms with Gasteiger partial charge in [-0.2, -0.15) is 0 Å². The van der Waals surface area contributed by atoms with Crippen LogP contribution in [0.5, 0.6) is 17.2 Å². The van der Waals surface area contributed by atoms with Gasteiger partial charge in [-0.25, -0.2) is 5.01 Å². The fraction of sp³-hybridized carbons (Fsp3) is 0.467. The number of hydrazine groups is 1. The highest BCUT2D eigenvalue weighted by molar-refractivity contribution is 5.98. The van der Waals surface area contributed by atoms with Crippen LogP contribution in [-0.2, 0) is 4.79 Å². The summed E-state index contributed by atoms with van der Waals surface area (Å²) in [6.07, 6.45) is 0. The molecule has 0 bridgehead atoms. The molecule has 0 aliphatic carbocycles. The van der Waals surface area contributed by atoms with E-state index >= 15 is 0 Å². The van der Waals surface area contributed by atoms with Crippen LogP contribution in [-0.4, -0.2) is 58.3 Å². The summed E-state index contributed by atoms with van der Waals surface area (Å²) in [5, 5.41) is 4.12. The van der Waals surface area contributed by atoms with E-state index < -0.39 is 11.9 Å². The van der Waals surface area contributed by atoms with E-state index in [1.165, 1.54) is 38.5 Å². The fourth-order valence-corrected chi connectivity index (χ4v) is 1.87. The summed E-state index contributed by atoms with van der Waals surface area (Å²) in [5.41, 5.74) is 2.87. The molecule has 2 amide bonds. The minimum absolute atomic E-state index is 0.295. The lowest BCUT2D eigenvalue weighted by Crippen LogP contribution is -2.48. The molecule has 0 unspecified atom stereocenters. The zero-order valence-corrected chi connectivity index (χ0v) is 14.2. The minimum atomic E-state index is -0.705. The first-order valence-electron chi connectivity index (χ1n) is 6.92. The lowest BCUT2D eigenvalue weighted by atomic mass is 10.1. The molecule has 8 heteroatoms. The highest BCUT2D eigenvalue weighted by atomic mass is 16.5. The number of methoxy groups -OCH3 is 3. The third-order valence-electron chi connectivity index (χ3n) is 3.00. The quantitative estimate of drug-likeness (QED) is 0.707. The Morgan fingerprint density at radius 2 is 1.57 bits per heavy atom. The third-order valence-corrected chi connectivity index (χ3v) is 3.00. The smallest absolute Gasteiger partial charge is 0.256 e. The molecular weight excluding hydrogens is 302 g/mol. The van der Waals surface area contributed by atoms with E-state index in [1.807, 2.05) is 0 Å².